The summed E-state index contributed by atoms with van der Waals surface area (Å²) >= 11 is 0. The number of carbonyl (C=O) groups excluding carboxylic acids is 1. The van der Waals surface area contributed by atoms with Gasteiger partial charge in [0.15, 0.2) is 0 Å². The molecular formula is C15H14O3. The Hall–Kier alpha value is -2.29. The standard InChI is InChI=1S/C15H14O3/c1-12(16)17-11-18-15-9-7-14(8-10-15)13-5-3-2-4-6-13/h2-10H,11H2,1H3. The zero-order valence-electron chi connectivity index (χ0n) is 10.1. The Bertz CT molecular complexity index is 503. The fourth-order valence-electron chi connectivity index (χ4n) is 1.55. The van der Waals surface area contributed by atoms with Crippen molar-refractivity contribution in [3.63, 3.8) is 0 Å². The molecule has 3 heteroatoms. The SMILES string of the molecule is CC(=O)OCOc1ccc(-c2ccccc2)cc1. The van der Waals surface area contributed by atoms with Crippen molar-refractivity contribution >= 4 is 5.97 Å². The van der Waals surface area contributed by atoms with Gasteiger partial charge in [-0.1, -0.05) is 42.5 Å². The summed E-state index contributed by atoms with van der Waals surface area (Å²) in [4.78, 5) is 10.6. The van der Waals surface area contributed by atoms with Crippen LogP contribution in [0.2, 0.25) is 0 Å². The van der Waals surface area contributed by atoms with Crippen molar-refractivity contribution in [2.45, 2.75) is 6.92 Å². The van der Waals surface area contributed by atoms with E-state index in [1.54, 1.807) is 0 Å². The van der Waals surface area contributed by atoms with Gasteiger partial charge in [0.1, 0.15) is 5.75 Å². The van der Waals surface area contributed by atoms with E-state index >= 15 is 0 Å². The van der Waals surface area contributed by atoms with Crippen LogP contribution >= 0.6 is 0 Å². The van der Waals surface area contributed by atoms with Crippen LogP contribution < -0.4 is 4.74 Å². The summed E-state index contributed by atoms with van der Waals surface area (Å²) < 4.78 is 9.96. The van der Waals surface area contributed by atoms with E-state index < -0.39 is 0 Å². The third-order valence-corrected chi connectivity index (χ3v) is 2.45. The molecule has 0 N–H and O–H groups in total. The molecule has 0 saturated carbocycles. The fraction of sp³-hybridized carbons (Fsp3) is 0.133. The van der Waals surface area contributed by atoms with Crippen LogP contribution in [-0.2, 0) is 9.53 Å². The molecule has 0 aliphatic carbocycles. The van der Waals surface area contributed by atoms with Gasteiger partial charge in [-0.25, -0.2) is 0 Å². The fourth-order valence-corrected chi connectivity index (χ4v) is 1.55. The third kappa shape index (κ3) is 3.35. The van der Waals surface area contributed by atoms with Gasteiger partial charge in [-0.3, -0.25) is 4.79 Å². The molecule has 0 aliphatic heterocycles. The van der Waals surface area contributed by atoms with E-state index in [4.69, 9.17) is 9.47 Å². The van der Waals surface area contributed by atoms with Crippen molar-refractivity contribution in [2.24, 2.45) is 0 Å². The molecule has 0 aromatic heterocycles. The predicted molar refractivity (Wildman–Crippen MR) is 69.1 cm³/mol. The van der Waals surface area contributed by atoms with Crippen LogP contribution in [0.25, 0.3) is 11.1 Å². The van der Waals surface area contributed by atoms with Crippen LogP contribution in [0.15, 0.2) is 54.6 Å². The zero-order valence-corrected chi connectivity index (χ0v) is 10.1. The van der Waals surface area contributed by atoms with Crippen molar-refractivity contribution in [3.8, 4) is 16.9 Å². The Morgan fingerprint density at radius 2 is 1.56 bits per heavy atom. The van der Waals surface area contributed by atoms with Crippen LogP contribution in [0, 0.1) is 0 Å². The number of rotatable bonds is 4. The minimum absolute atomic E-state index is 0.0555. The van der Waals surface area contributed by atoms with Crippen molar-refractivity contribution in [3.05, 3.63) is 54.6 Å². The monoisotopic (exact) mass is 242 g/mol. The van der Waals surface area contributed by atoms with E-state index in [1.165, 1.54) is 6.92 Å². The van der Waals surface area contributed by atoms with Crippen LogP contribution in [0.1, 0.15) is 6.92 Å². The molecule has 0 spiro atoms. The quantitative estimate of drug-likeness (QED) is 0.609. The van der Waals surface area contributed by atoms with Crippen molar-refractivity contribution in [1.29, 1.82) is 0 Å². The first-order valence-corrected chi connectivity index (χ1v) is 5.67. The second kappa shape index (κ2) is 5.87. The molecule has 0 bridgehead atoms. The lowest BCUT2D eigenvalue weighted by Gasteiger charge is -2.07. The molecule has 0 saturated heterocycles. The highest BCUT2D eigenvalue weighted by molar-refractivity contribution is 5.66. The predicted octanol–water partition coefficient (Wildman–Crippen LogP) is 3.25. The van der Waals surface area contributed by atoms with E-state index in [9.17, 15) is 4.79 Å². The molecule has 0 radical (unpaired) electrons. The van der Waals surface area contributed by atoms with E-state index in [2.05, 4.69) is 12.1 Å². The number of ether oxygens (including phenoxy) is 2. The van der Waals surface area contributed by atoms with Crippen LogP contribution in [0.4, 0.5) is 0 Å². The van der Waals surface area contributed by atoms with Gasteiger partial charge >= 0.3 is 5.97 Å². The minimum atomic E-state index is -0.351. The molecule has 0 fully saturated rings. The molecular weight excluding hydrogens is 228 g/mol. The third-order valence-electron chi connectivity index (χ3n) is 2.45. The maximum absolute atomic E-state index is 10.6. The van der Waals surface area contributed by atoms with Crippen LogP contribution in [-0.4, -0.2) is 12.8 Å². The van der Waals surface area contributed by atoms with Crippen LogP contribution in [0.5, 0.6) is 5.75 Å². The van der Waals surface area contributed by atoms with Gasteiger partial charge in [0.2, 0.25) is 6.79 Å². The molecule has 2 aromatic carbocycles. The first-order valence-electron chi connectivity index (χ1n) is 5.67. The van der Waals surface area contributed by atoms with Gasteiger partial charge in [-0.2, -0.15) is 0 Å². The number of esters is 1. The second-order valence-corrected chi connectivity index (χ2v) is 3.79. The Kier molecular flexibility index (Phi) is 3.97. The zero-order chi connectivity index (χ0) is 12.8. The number of hydrogen-bond donors (Lipinski definition) is 0. The highest BCUT2D eigenvalue weighted by Crippen LogP contribution is 2.21. The summed E-state index contributed by atoms with van der Waals surface area (Å²) in [5.41, 5.74) is 2.28. The number of carbonyl (C=O) groups is 1. The molecule has 2 aromatic rings. The summed E-state index contributed by atoms with van der Waals surface area (Å²) in [6, 6.07) is 17.7. The molecule has 18 heavy (non-hydrogen) atoms. The van der Waals surface area contributed by atoms with Gasteiger partial charge in [-0.15, -0.1) is 0 Å². The smallest absolute Gasteiger partial charge is 0.305 e. The van der Waals surface area contributed by atoms with Crippen molar-refractivity contribution in [1.82, 2.24) is 0 Å². The first kappa shape index (κ1) is 12.2. The summed E-state index contributed by atoms with van der Waals surface area (Å²) in [7, 11) is 0. The van der Waals surface area contributed by atoms with Crippen LogP contribution in [0.3, 0.4) is 0 Å². The van der Waals surface area contributed by atoms with E-state index in [-0.39, 0.29) is 12.8 Å². The second-order valence-electron chi connectivity index (χ2n) is 3.79. The molecule has 0 atom stereocenters. The molecule has 2 rings (SSSR count). The van der Waals surface area contributed by atoms with Gasteiger partial charge in [0, 0.05) is 6.92 Å². The highest BCUT2D eigenvalue weighted by Gasteiger charge is 1.98. The summed E-state index contributed by atoms with van der Waals surface area (Å²) in [6.07, 6.45) is 0. The molecule has 92 valence electrons. The van der Waals surface area contributed by atoms with Crippen molar-refractivity contribution < 1.29 is 14.3 Å². The summed E-state index contributed by atoms with van der Waals surface area (Å²) in [5, 5.41) is 0. The number of hydrogen-bond acceptors (Lipinski definition) is 3. The summed E-state index contributed by atoms with van der Waals surface area (Å²) in [6.45, 7) is 1.29. The van der Waals surface area contributed by atoms with Gasteiger partial charge < -0.3 is 9.47 Å². The summed E-state index contributed by atoms with van der Waals surface area (Å²) in [5.74, 6) is 0.326. The lowest BCUT2D eigenvalue weighted by Crippen LogP contribution is -2.06. The lowest BCUT2D eigenvalue weighted by molar-refractivity contribution is -0.147. The van der Waals surface area contributed by atoms with E-state index in [1.807, 2.05) is 42.5 Å². The van der Waals surface area contributed by atoms with Gasteiger partial charge in [-0.05, 0) is 23.3 Å². The normalized spacial score (nSPS) is 9.83. The average molecular weight is 242 g/mol. The number of benzene rings is 2. The Morgan fingerprint density at radius 1 is 0.944 bits per heavy atom. The highest BCUT2D eigenvalue weighted by atomic mass is 16.7. The van der Waals surface area contributed by atoms with Gasteiger partial charge in [0.05, 0.1) is 0 Å². The Balaban J connectivity index is 2.00. The molecule has 0 aliphatic rings. The molecule has 0 amide bonds. The maximum atomic E-state index is 10.6. The largest absolute Gasteiger partial charge is 0.457 e. The topological polar surface area (TPSA) is 35.5 Å². The molecule has 0 unspecified atom stereocenters. The van der Waals surface area contributed by atoms with E-state index in [0.717, 1.165) is 11.1 Å². The Labute approximate surface area is 106 Å². The van der Waals surface area contributed by atoms with Crippen molar-refractivity contribution in [2.75, 3.05) is 6.79 Å². The average Bonchev–Trinajstić information content (AvgIpc) is 2.40. The molecule has 0 heterocycles. The first-order chi connectivity index (χ1) is 8.75. The minimum Gasteiger partial charge on any atom is -0.457 e. The molecule has 3 nitrogen and oxygen atoms in total. The van der Waals surface area contributed by atoms with E-state index in [0.29, 0.717) is 5.75 Å². The lowest BCUT2D eigenvalue weighted by atomic mass is 10.1. The Morgan fingerprint density at radius 3 is 2.17 bits per heavy atom. The maximum Gasteiger partial charge on any atom is 0.305 e. The van der Waals surface area contributed by atoms with Gasteiger partial charge in [0.25, 0.3) is 0 Å².